The fraction of sp³-hybridized carbons (Fsp3) is 0.267. The van der Waals surface area contributed by atoms with E-state index < -0.39 is 0 Å². The predicted molar refractivity (Wildman–Crippen MR) is 80.2 cm³/mol. The SMILES string of the molecule is CC(C)(C)c1ccc(-c2[nH]nc3ncnc(N)c23)cc1. The van der Waals surface area contributed by atoms with Crippen molar-refractivity contribution in [2.24, 2.45) is 0 Å². The molecule has 20 heavy (non-hydrogen) atoms. The van der Waals surface area contributed by atoms with Gasteiger partial charge in [-0.15, -0.1) is 0 Å². The summed E-state index contributed by atoms with van der Waals surface area (Å²) in [6, 6.07) is 8.39. The number of nitrogen functional groups attached to an aromatic ring is 1. The molecular formula is C15H17N5. The third-order valence-electron chi connectivity index (χ3n) is 3.42. The normalized spacial score (nSPS) is 11.9. The average Bonchev–Trinajstić information content (AvgIpc) is 2.83. The van der Waals surface area contributed by atoms with E-state index in [9.17, 15) is 0 Å². The largest absolute Gasteiger partial charge is 0.383 e. The Morgan fingerprint density at radius 2 is 1.75 bits per heavy atom. The molecule has 0 spiro atoms. The first kappa shape index (κ1) is 12.6. The van der Waals surface area contributed by atoms with Crippen LogP contribution in [0.2, 0.25) is 0 Å². The molecule has 0 radical (unpaired) electrons. The summed E-state index contributed by atoms with van der Waals surface area (Å²) in [6.07, 6.45) is 1.42. The van der Waals surface area contributed by atoms with Crippen molar-refractivity contribution in [1.82, 2.24) is 20.2 Å². The first-order valence-electron chi connectivity index (χ1n) is 6.52. The molecule has 0 saturated heterocycles. The van der Waals surface area contributed by atoms with Gasteiger partial charge in [-0.3, -0.25) is 5.10 Å². The first-order valence-corrected chi connectivity index (χ1v) is 6.52. The number of nitrogens with two attached hydrogens (primary N) is 1. The number of H-pyrrole nitrogens is 1. The van der Waals surface area contributed by atoms with E-state index in [1.165, 1.54) is 11.9 Å². The highest BCUT2D eigenvalue weighted by Crippen LogP contribution is 2.30. The van der Waals surface area contributed by atoms with Crippen LogP contribution in [-0.4, -0.2) is 20.2 Å². The molecule has 2 heterocycles. The number of nitrogens with one attached hydrogen (secondary N) is 1. The highest BCUT2D eigenvalue weighted by molar-refractivity contribution is 5.97. The first-order chi connectivity index (χ1) is 9.47. The van der Waals surface area contributed by atoms with Crippen molar-refractivity contribution in [2.45, 2.75) is 26.2 Å². The van der Waals surface area contributed by atoms with Gasteiger partial charge in [-0.05, 0) is 11.0 Å². The van der Waals surface area contributed by atoms with E-state index in [1.54, 1.807) is 0 Å². The molecule has 3 aromatic rings. The number of rotatable bonds is 1. The van der Waals surface area contributed by atoms with Gasteiger partial charge in [0.2, 0.25) is 0 Å². The smallest absolute Gasteiger partial charge is 0.186 e. The van der Waals surface area contributed by atoms with Gasteiger partial charge in [0, 0.05) is 5.56 Å². The van der Waals surface area contributed by atoms with Crippen LogP contribution in [0.4, 0.5) is 5.82 Å². The maximum atomic E-state index is 5.93. The standard InChI is InChI=1S/C15H17N5/c1-15(2,3)10-6-4-9(5-7-10)12-11-13(16)17-8-18-14(11)20-19-12/h4-8H,1-3H3,(H3,16,17,18,19,20). The van der Waals surface area contributed by atoms with Crippen molar-refractivity contribution in [2.75, 3.05) is 5.73 Å². The number of nitrogens with zero attached hydrogens (tertiary/aromatic N) is 3. The minimum absolute atomic E-state index is 0.136. The predicted octanol–water partition coefficient (Wildman–Crippen LogP) is 2.90. The minimum Gasteiger partial charge on any atom is -0.383 e. The van der Waals surface area contributed by atoms with Crippen molar-refractivity contribution >= 4 is 16.9 Å². The van der Waals surface area contributed by atoms with Crippen LogP contribution < -0.4 is 5.73 Å². The second-order valence-electron chi connectivity index (χ2n) is 5.88. The summed E-state index contributed by atoms with van der Waals surface area (Å²) in [5.74, 6) is 0.443. The highest BCUT2D eigenvalue weighted by Gasteiger charge is 2.15. The second-order valence-corrected chi connectivity index (χ2v) is 5.88. The van der Waals surface area contributed by atoms with Crippen LogP contribution in [0.3, 0.4) is 0 Å². The van der Waals surface area contributed by atoms with E-state index >= 15 is 0 Å². The molecule has 0 aliphatic rings. The summed E-state index contributed by atoms with van der Waals surface area (Å²) >= 11 is 0. The van der Waals surface area contributed by atoms with Crippen LogP contribution in [0.15, 0.2) is 30.6 Å². The average molecular weight is 267 g/mol. The molecule has 0 saturated carbocycles. The maximum absolute atomic E-state index is 5.93. The van der Waals surface area contributed by atoms with Crippen molar-refractivity contribution in [3.8, 4) is 11.3 Å². The maximum Gasteiger partial charge on any atom is 0.186 e. The van der Waals surface area contributed by atoms with Crippen LogP contribution in [-0.2, 0) is 5.41 Å². The lowest BCUT2D eigenvalue weighted by Crippen LogP contribution is -2.10. The molecule has 3 rings (SSSR count). The summed E-state index contributed by atoms with van der Waals surface area (Å²) in [6.45, 7) is 6.58. The van der Waals surface area contributed by atoms with E-state index in [-0.39, 0.29) is 5.41 Å². The number of anilines is 1. The molecule has 0 aliphatic carbocycles. The van der Waals surface area contributed by atoms with E-state index in [4.69, 9.17) is 5.73 Å². The van der Waals surface area contributed by atoms with Gasteiger partial charge in [0.25, 0.3) is 0 Å². The number of fused-ring (bicyclic) bond motifs is 1. The third-order valence-corrected chi connectivity index (χ3v) is 3.42. The van der Waals surface area contributed by atoms with Crippen LogP contribution in [0.5, 0.6) is 0 Å². The molecule has 0 fully saturated rings. The van der Waals surface area contributed by atoms with Gasteiger partial charge in [-0.25, -0.2) is 9.97 Å². The molecule has 1 aromatic carbocycles. The number of hydrogen-bond donors (Lipinski definition) is 2. The molecule has 102 valence electrons. The fourth-order valence-corrected chi connectivity index (χ4v) is 2.22. The zero-order valence-corrected chi connectivity index (χ0v) is 11.8. The van der Waals surface area contributed by atoms with E-state index in [0.29, 0.717) is 11.5 Å². The summed E-state index contributed by atoms with van der Waals surface area (Å²) in [7, 11) is 0. The number of aromatic nitrogens is 4. The Morgan fingerprint density at radius 3 is 2.40 bits per heavy atom. The van der Waals surface area contributed by atoms with Gasteiger partial charge in [-0.2, -0.15) is 5.10 Å². The van der Waals surface area contributed by atoms with Crippen molar-refractivity contribution < 1.29 is 0 Å². The Morgan fingerprint density at radius 1 is 1.05 bits per heavy atom. The van der Waals surface area contributed by atoms with E-state index in [0.717, 1.165) is 16.6 Å². The summed E-state index contributed by atoms with van der Waals surface area (Å²) < 4.78 is 0. The molecule has 0 unspecified atom stereocenters. The molecule has 0 aliphatic heterocycles. The van der Waals surface area contributed by atoms with Gasteiger partial charge < -0.3 is 5.73 Å². The number of benzene rings is 1. The number of hydrogen-bond acceptors (Lipinski definition) is 4. The van der Waals surface area contributed by atoms with Crippen molar-refractivity contribution in [3.05, 3.63) is 36.2 Å². The van der Waals surface area contributed by atoms with Crippen molar-refractivity contribution in [1.29, 1.82) is 0 Å². The Balaban J connectivity index is 2.12. The Hall–Kier alpha value is -2.43. The molecule has 0 bridgehead atoms. The van der Waals surface area contributed by atoms with Crippen LogP contribution in [0.1, 0.15) is 26.3 Å². The summed E-state index contributed by atoms with van der Waals surface area (Å²) in [5.41, 5.74) is 9.83. The van der Waals surface area contributed by atoms with Gasteiger partial charge >= 0.3 is 0 Å². The Labute approximate surface area is 117 Å². The highest BCUT2D eigenvalue weighted by atomic mass is 15.2. The monoisotopic (exact) mass is 267 g/mol. The van der Waals surface area contributed by atoms with Gasteiger partial charge in [0.15, 0.2) is 5.65 Å². The summed E-state index contributed by atoms with van der Waals surface area (Å²) in [4.78, 5) is 8.14. The molecule has 3 N–H and O–H groups in total. The Kier molecular flexibility index (Phi) is 2.71. The zero-order valence-electron chi connectivity index (χ0n) is 11.8. The molecular weight excluding hydrogens is 250 g/mol. The lowest BCUT2D eigenvalue weighted by molar-refractivity contribution is 0.590. The van der Waals surface area contributed by atoms with Gasteiger partial charge in [0.05, 0.1) is 11.1 Å². The number of aromatic amines is 1. The minimum atomic E-state index is 0.136. The Bertz CT molecular complexity index is 750. The third kappa shape index (κ3) is 2.01. The second kappa shape index (κ2) is 4.30. The molecule has 5 heteroatoms. The topological polar surface area (TPSA) is 80.5 Å². The lowest BCUT2D eigenvalue weighted by Gasteiger charge is -2.19. The fourth-order valence-electron chi connectivity index (χ4n) is 2.22. The van der Waals surface area contributed by atoms with Gasteiger partial charge in [0.1, 0.15) is 12.1 Å². The van der Waals surface area contributed by atoms with Crippen molar-refractivity contribution in [3.63, 3.8) is 0 Å². The van der Waals surface area contributed by atoms with E-state index in [1.807, 2.05) is 0 Å². The lowest BCUT2D eigenvalue weighted by atomic mass is 9.86. The van der Waals surface area contributed by atoms with Crippen LogP contribution in [0.25, 0.3) is 22.3 Å². The molecule has 5 nitrogen and oxygen atoms in total. The van der Waals surface area contributed by atoms with Crippen LogP contribution in [0, 0.1) is 0 Å². The molecule has 2 aromatic heterocycles. The molecule has 0 amide bonds. The van der Waals surface area contributed by atoms with Gasteiger partial charge in [-0.1, -0.05) is 45.0 Å². The van der Waals surface area contributed by atoms with Crippen LogP contribution >= 0.6 is 0 Å². The zero-order chi connectivity index (χ0) is 14.3. The van der Waals surface area contributed by atoms with E-state index in [2.05, 4.69) is 65.2 Å². The molecule has 0 atom stereocenters. The summed E-state index contributed by atoms with van der Waals surface area (Å²) in [5, 5.41) is 7.94. The quantitative estimate of drug-likeness (QED) is 0.710.